The summed E-state index contributed by atoms with van der Waals surface area (Å²) in [6.07, 6.45) is 5.88. The first kappa shape index (κ1) is 23.4. The van der Waals surface area contributed by atoms with Gasteiger partial charge < -0.3 is 20.4 Å². The average Bonchev–Trinajstić information content (AvgIpc) is 3.33. The van der Waals surface area contributed by atoms with Crippen LogP contribution in [0.15, 0.2) is 59.6 Å². The Morgan fingerprint density at radius 1 is 0.774 bits per heavy atom. The number of carbonyl (C=O) groups is 1. The number of hydrogen-bond donors (Lipinski definition) is 2. The number of hydrogen-bond acceptors (Lipinski definition) is 2. The molecule has 4 rings (SSSR count). The normalized spacial score (nSPS) is 16.6. The van der Waals surface area contributed by atoms with Gasteiger partial charge in [0.05, 0.1) is 6.54 Å². The van der Waals surface area contributed by atoms with Gasteiger partial charge in [0, 0.05) is 37.6 Å². The predicted molar refractivity (Wildman–Crippen MR) is 138 cm³/mol. The Bertz CT molecular complexity index is 861. The van der Waals surface area contributed by atoms with Gasteiger partial charge in [-0.2, -0.15) is 0 Å². The zero-order valence-electron chi connectivity index (χ0n) is 17.9. The van der Waals surface area contributed by atoms with E-state index in [1.807, 2.05) is 41.3 Å². The van der Waals surface area contributed by atoms with Crippen molar-refractivity contribution >= 4 is 47.3 Å². The molecule has 2 aromatic carbocycles. The lowest BCUT2D eigenvalue weighted by atomic mass is 10.1. The van der Waals surface area contributed by atoms with E-state index in [2.05, 4.69) is 33.7 Å². The molecular formula is C24H32IN5O. The number of aliphatic imine (C=N–C) groups is 1. The molecule has 166 valence electrons. The van der Waals surface area contributed by atoms with Gasteiger partial charge in [-0.3, -0.25) is 0 Å². The minimum Gasteiger partial charge on any atom is -0.343 e. The van der Waals surface area contributed by atoms with Crippen molar-refractivity contribution in [2.45, 2.75) is 38.6 Å². The van der Waals surface area contributed by atoms with Crippen LogP contribution in [-0.4, -0.2) is 48.0 Å². The monoisotopic (exact) mass is 533 g/mol. The summed E-state index contributed by atoms with van der Waals surface area (Å²) in [4.78, 5) is 21.5. The molecule has 0 bridgehead atoms. The van der Waals surface area contributed by atoms with Gasteiger partial charge in [0.2, 0.25) is 0 Å². The molecule has 2 aliphatic heterocycles. The van der Waals surface area contributed by atoms with E-state index in [0.29, 0.717) is 6.54 Å². The van der Waals surface area contributed by atoms with E-state index in [-0.39, 0.29) is 30.0 Å². The average molecular weight is 533 g/mol. The molecular weight excluding hydrogens is 501 g/mol. The summed E-state index contributed by atoms with van der Waals surface area (Å²) in [7, 11) is 0. The van der Waals surface area contributed by atoms with Crippen molar-refractivity contribution in [3.63, 3.8) is 0 Å². The Labute approximate surface area is 202 Å². The van der Waals surface area contributed by atoms with Crippen LogP contribution in [0.5, 0.6) is 0 Å². The summed E-state index contributed by atoms with van der Waals surface area (Å²) in [5.74, 6) is 0.924. The summed E-state index contributed by atoms with van der Waals surface area (Å²) < 4.78 is 0. The Kier molecular flexibility index (Phi) is 8.99. The quantitative estimate of drug-likeness (QED) is 0.315. The number of anilines is 2. The van der Waals surface area contributed by atoms with Crippen LogP contribution < -0.4 is 10.6 Å². The van der Waals surface area contributed by atoms with Gasteiger partial charge in [-0.25, -0.2) is 9.79 Å². The van der Waals surface area contributed by atoms with Gasteiger partial charge >= 0.3 is 6.03 Å². The van der Waals surface area contributed by atoms with Crippen LogP contribution in [-0.2, 0) is 6.54 Å². The number of benzene rings is 2. The first-order valence-corrected chi connectivity index (χ1v) is 11.0. The molecule has 0 saturated carbocycles. The maximum absolute atomic E-state index is 12.4. The highest BCUT2D eigenvalue weighted by Gasteiger charge is 2.18. The number of para-hydroxylation sites is 1. The fourth-order valence-electron chi connectivity index (χ4n) is 4.01. The number of likely N-dealkylation sites (tertiary alicyclic amines) is 2. The molecule has 2 fully saturated rings. The van der Waals surface area contributed by atoms with E-state index in [1.165, 1.54) is 19.3 Å². The first-order chi connectivity index (χ1) is 14.8. The van der Waals surface area contributed by atoms with Gasteiger partial charge in [0.15, 0.2) is 5.96 Å². The lowest BCUT2D eigenvalue weighted by molar-refractivity contribution is 0.222. The van der Waals surface area contributed by atoms with Crippen molar-refractivity contribution < 1.29 is 4.79 Å². The summed E-state index contributed by atoms with van der Waals surface area (Å²) in [6, 6.07) is 18.2. The number of amides is 2. The van der Waals surface area contributed by atoms with Crippen LogP contribution in [0.25, 0.3) is 0 Å². The third kappa shape index (κ3) is 6.85. The Hall–Kier alpha value is -2.29. The van der Waals surface area contributed by atoms with E-state index in [4.69, 9.17) is 4.99 Å². The number of nitrogens with one attached hydrogen (secondary N) is 2. The third-order valence-corrected chi connectivity index (χ3v) is 5.67. The molecule has 2 N–H and O–H groups in total. The van der Waals surface area contributed by atoms with Gasteiger partial charge in [0.1, 0.15) is 0 Å². The van der Waals surface area contributed by atoms with Gasteiger partial charge in [-0.15, -0.1) is 24.0 Å². The highest BCUT2D eigenvalue weighted by molar-refractivity contribution is 14.0. The second-order valence-corrected chi connectivity index (χ2v) is 8.00. The minimum atomic E-state index is -0.00657. The molecule has 0 spiro atoms. The molecule has 0 aromatic heterocycles. The fraction of sp³-hybridized carbons (Fsp3) is 0.417. The predicted octanol–water partition coefficient (Wildman–Crippen LogP) is 5.39. The second-order valence-electron chi connectivity index (χ2n) is 8.00. The molecule has 2 heterocycles. The van der Waals surface area contributed by atoms with Crippen molar-refractivity contribution in [3.8, 4) is 0 Å². The maximum Gasteiger partial charge on any atom is 0.321 e. The van der Waals surface area contributed by atoms with Crippen molar-refractivity contribution in [1.82, 2.24) is 9.80 Å². The van der Waals surface area contributed by atoms with E-state index in [1.54, 1.807) is 0 Å². The van der Waals surface area contributed by atoms with Crippen LogP contribution >= 0.6 is 24.0 Å². The van der Waals surface area contributed by atoms with Gasteiger partial charge in [0.25, 0.3) is 0 Å². The highest BCUT2D eigenvalue weighted by Crippen LogP contribution is 2.16. The summed E-state index contributed by atoms with van der Waals surface area (Å²) in [5.41, 5.74) is 2.96. The molecule has 2 amide bonds. The number of guanidine groups is 1. The molecule has 31 heavy (non-hydrogen) atoms. The zero-order chi connectivity index (χ0) is 20.6. The highest BCUT2D eigenvalue weighted by atomic mass is 127. The minimum absolute atomic E-state index is 0. The van der Waals surface area contributed by atoms with Crippen molar-refractivity contribution in [2.75, 3.05) is 36.8 Å². The third-order valence-electron chi connectivity index (χ3n) is 5.67. The number of urea groups is 1. The van der Waals surface area contributed by atoms with Crippen LogP contribution in [0.2, 0.25) is 0 Å². The zero-order valence-corrected chi connectivity index (χ0v) is 20.3. The maximum atomic E-state index is 12.4. The molecule has 2 aliphatic rings. The molecule has 2 saturated heterocycles. The fourth-order valence-corrected chi connectivity index (χ4v) is 4.01. The van der Waals surface area contributed by atoms with Gasteiger partial charge in [-0.05, 0) is 61.9 Å². The van der Waals surface area contributed by atoms with Crippen molar-refractivity contribution in [2.24, 2.45) is 4.99 Å². The van der Waals surface area contributed by atoms with Crippen LogP contribution in [0, 0.1) is 0 Å². The molecule has 0 aliphatic carbocycles. The van der Waals surface area contributed by atoms with E-state index < -0.39 is 0 Å². The number of carbonyl (C=O) groups excluding carboxylic acids is 1. The van der Waals surface area contributed by atoms with E-state index >= 15 is 0 Å². The molecule has 0 radical (unpaired) electrons. The van der Waals surface area contributed by atoms with Crippen molar-refractivity contribution in [3.05, 3.63) is 60.2 Å². The first-order valence-electron chi connectivity index (χ1n) is 11.0. The Balaban J connectivity index is 0.00000272. The van der Waals surface area contributed by atoms with Crippen molar-refractivity contribution in [1.29, 1.82) is 0 Å². The van der Waals surface area contributed by atoms with E-state index in [9.17, 15) is 4.79 Å². The van der Waals surface area contributed by atoms with Crippen LogP contribution in [0.3, 0.4) is 0 Å². The molecule has 7 heteroatoms. The largest absolute Gasteiger partial charge is 0.343 e. The molecule has 2 aromatic rings. The Morgan fingerprint density at radius 2 is 1.42 bits per heavy atom. The number of nitrogens with zero attached hydrogens (tertiary/aromatic N) is 3. The molecule has 6 nitrogen and oxygen atoms in total. The van der Waals surface area contributed by atoms with Gasteiger partial charge in [-0.1, -0.05) is 30.3 Å². The summed E-state index contributed by atoms with van der Waals surface area (Å²) in [6.45, 7) is 4.33. The summed E-state index contributed by atoms with van der Waals surface area (Å²) in [5, 5.41) is 6.53. The lowest BCUT2D eigenvalue weighted by Gasteiger charge is -2.30. The Morgan fingerprint density at radius 3 is 2.16 bits per heavy atom. The number of piperidine rings is 1. The second kappa shape index (κ2) is 11.9. The standard InChI is InChI=1S/C24H31N5O.HI/c30-24(29-16-7-8-17-29)27-22-13-9-10-20(18-22)19-25-23(28-14-5-2-6-15-28)26-21-11-3-1-4-12-21;/h1,3-4,9-13,18H,2,5-8,14-17,19H2,(H,25,26)(H,27,30);1H. The topological polar surface area (TPSA) is 60.0 Å². The van der Waals surface area contributed by atoms with Crippen LogP contribution in [0.1, 0.15) is 37.7 Å². The SMILES string of the molecule is I.O=C(Nc1cccc(CN=C(Nc2ccccc2)N2CCCCC2)c1)N1CCCC1. The number of halogens is 1. The lowest BCUT2D eigenvalue weighted by Crippen LogP contribution is -2.40. The number of rotatable bonds is 4. The van der Waals surface area contributed by atoms with Crippen LogP contribution in [0.4, 0.5) is 16.2 Å². The van der Waals surface area contributed by atoms with E-state index in [0.717, 1.165) is 61.9 Å². The summed E-state index contributed by atoms with van der Waals surface area (Å²) >= 11 is 0. The molecule has 0 atom stereocenters. The molecule has 0 unspecified atom stereocenters. The smallest absolute Gasteiger partial charge is 0.321 e.